The molecule has 0 unspecified atom stereocenters. The van der Waals surface area contributed by atoms with Crippen LogP contribution in [-0.2, 0) is 16.2 Å². The monoisotopic (exact) mass is 378 g/mol. The second-order valence-electron chi connectivity index (χ2n) is 6.15. The Bertz CT molecular complexity index is 848. The van der Waals surface area contributed by atoms with E-state index in [0.29, 0.717) is 23.6 Å². The van der Waals surface area contributed by atoms with E-state index in [0.717, 1.165) is 0 Å². The van der Waals surface area contributed by atoms with Gasteiger partial charge >= 0.3 is 0 Å². The zero-order chi connectivity index (χ0) is 19.6. The van der Waals surface area contributed by atoms with Gasteiger partial charge in [-0.3, -0.25) is 9.59 Å². The summed E-state index contributed by atoms with van der Waals surface area (Å²) in [5.74, 6) is -3.46. The molecule has 0 bridgehead atoms. The van der Waals surface area contributed by atoms with E-state index in [1.54, 1.807) is 24.3 Å². The average Bonchev–Trinajstić information content (AvgIpc) is 3.02. The maximum Gasteiger partial charge on any atom is 0.227 e. The van der Waals surface area contributed by atoms with Crippen molar-refractivity contribution in [2.45, 2.75) is 13.0 Å². The van der Waals surface area contributed by atoms with Crippen molar-refractivity contribution in [3.63, 3.8) is 0 Å². The SMILES string of the molecule is CNC(=O)[C@H]1CC(=O)N(c2ccc(OCc3c(F)cc(F)cc3F)cc2)C1. The van der Waals surface area contributed by atoms with Crippen LogP contribution >= 0.6 is 0 Å². The van der Waals surface area contributed by atoms with Crippen molar-refractivity contribution in [1.82, 2.24) is 5.32 Å². The van der Waals surface area contributed by atoms with Crippen molar-refractivity contribution in [1.29, 1.82) is 0 Å². The highest BCUT2D eigenvalue weighted by Crippen LogP contribution is 2.27. The molecule has 27 heavy (non-hydrogen) atoms. The molecular weight excluding hydrogens is 361 g/mol. The van der Waals surface area contributed by atoms with Crippen LogP contribution in [0.15, 0.2) is 36.4 Å². The number of carbonyl (C=O) groups is 2. The Kier molecular flexibility index (Phi) is 5.34. The number of benzene rings is 2. The van der Waals surface area contributed by atoms with Gasteiger partial charge in [-0.15, -0.1) is 0 Å². The second kappa shape index (κ2) is 7.69. The molecule has 8 heteroatoms. The van der Waals surface area contributed by atoms with Crippen LogP contribution < -0.4 is 15.0 Å². The maximum absolute atomic E-state index is 13.6. The van der Waals surface area contributed by atoms with Crippen LogP contribution in [0.5, 0.6) is 5.75 Å². The number of ether oxygens (including phenoxy) is 1. The molecule has 1 aliphatic rings. The molecule has 2 aromatic rings. The Hall–Kier alpha value is -3.03. The zero-order valence-electron chi connectivity index (χ0n) is 14.5. The summed E-state index contributed by atoms with van der Waals surface area (Å²) < 4.78 is 45.5. The first kappa shape index (κ1) is 18.8. The van der Waals surface area contributed by atoms with Crippen molar-refractivity contribution < 1.29 is 27.5 Å². The van der Waals surface area contributed by atoms with Crippen LogP contribution in [0.3, 0.4) is 0 Å². The minimum Gasteiger partial charge on any atom is -0.489 e. The molecule has 1 saturated heterocycles. The van der Waals surface area contributed by atoms with Gasteiger partial charge in [0.1, 0.15) is 29.8 Å². The van der Waals surface area contributed by atoms with Crippen molar-refractivity contribution in [3.8, 4) is 5.75 Å². The van der Waals surface area contributed by atoms with Crippen LogP contribution in [0.25, 0.3) is 0 Å². The fourth-order valence-electron chi connectivity index (χ4n) is 2.92. The highest BCUT2D eigenvalue weighted by Gasteiger charge is 2.34. The molecule has 1 aliphatic heterocycles. The third-order valence-corrected chi connectivity index (χ3v) is 4.38. The lowest BCUT2D eigenvalue weighted by molar-refractivity contribution is -0.125. The fraction of sp³-hybridized carbons (Fsp3) is 0.263. The smallest absolute Gasteiger partial charge is 0.227 e. The molecule has 0 aliphatic carbocycles. The quantitative estimate of drug-likeness (QED) is 0.871. The molecule has 1 N–H and O–H groups in total. The van der Waals surface area contributed by atoms with Gasteiger partial charge in [-0.2, -0.15) is 0 Å². The molecule has 0 saturated carbocycles. The highest BCUT2D eigenvalue weighted by molar-refractivity contribution is 6.00. The third kappa shape index (κ3) is 4.05. The molecule has 0 spiro atoms. The molecule has 1 fully saturated rings. The van der Waals surface area contributed by atoms with Crippen LogP contribution in [0.1, 0.15) is 12.0 Å². The Morgan fingerprint density at radius 2 is 1.81 bits per heavy atom. The van der Waals surface area contributed by atoms with Crippen molar-refractivity contribution >= 4 is 17.5 Å². The Balaban J connectivity index is 1.66. The van der Waals surface area contributed by atoms with Gasteiger partial charge in [0.25, 0.3) is 0 Å². The summed E-state index contributed by atoms with van der Waals surface area (Å²) in [5.41, 5.74) is 0.224. The van der Waals surface area contributed by atoms with E-state index in [9.17, 15) is 22.8 Å². The van der Waals surface area contributed by atoms with Gasteiger partial charge in [0.2, 0.25) is 11.8 Å². The largest absolute Gasteiger partial charge is 0.489 e. The molecule has 2 amide bonds. The van der Waals surface area contributed by atoms with Gasteiger partial charge in [0.15, 0.2) is 0 Å². The number of halogens is 3. The van der Waals surface area contributed by atoms with Crippen molar-refractivity contribution in [3.05, 3.63) is 59.4 Å². The van der Waals surface area contributed by atoms with Gasteiger partial charge in [0, 0.05) is 37.8 Å². The topological polar surface area (TPSA) is 58.6 Å². The fourth-order valence-corrected chi connectivity index (χ4v) is 2.92. The van der Waals surface area contributed by atoms with Crippen LogP contribution in [0.2, 0.25) is 0 Å². The van der Waals surface area contributed by atoms with Gasteiger partial charge in [-0.1, -0.05) is 0 Å². The second-order valence-corrected chi connectivity index (χ2v) is 6.15. The van der Waals surface area contributed by atoms with E-state index in [4.69, 9.17) is 4.74 Å². The van der Waals surface area contributed by atoms with Crippen LogP contribution in [0, 0.1) is 23.4 Å². The van der Waals surface area contributed by atoms with Gasteiger partial charge in [0.05, 0.1) is 11.5 Å². The van der Waals surface area contributed by atoms with Gasteiger partial charge in [-0.05, 0) is 24.3 Å². The number of rotatable bonds is 5. The molecule has 1 heterocycles. The van der Waals surface area contributed by atoms with Crippen molar-refractivity contribution in [2.24, 2.45) is 5.92 Å². The lowest BCUT2D eigenvalue weighted by atomic mass is 10.1. The number of carbonyl (C=O) groups excluding carboxylic acids is 2. The summed E-state index contributed by atoms with van der Waals surface area (Å²) in [6.45, 7) is -0.122. The van der Waals surface area contributed by atoms with Crippen LogP contribution in [-0.4, -0.2) is 25.4 Å². The standard InChI is InChI=1S/C19H17F3N2O3/c1-23-19(26)11-6-18(25)24(9-11)13-2-4-14(5-3-13)27-10-15-16(21)7-12(20)8-17(15)22/h2-5,7-8,11H,6,9-10H2,1H3,(H,23,26)/t11-/m0/s1. The first-order valence-corrected chi connectivity index (χ1v) is 8.27. The van der Waals surface area contributed by atoms with E-state index < -0.39 is 30.0 Å². The number of amides is 2. The Morgan fingerprint density at radius 3 is 2.41 bits per heavy atom. The maximum atomic E-state index is 13.6. The molecule has 0 aromatic heterocycles. The lowest BCUT2D eigenvalue weighted by Crippen LogP contribution is -2.30. The molecule has 3 rings (SSSR count). The highest BCUT2D eigenvalue weighted by atomic mass is 19.1. The predicted molar refractivity (Wildman–Crippen MR) is 91.6 cm³/mol. The molecule has 0 radical (unpaired) electrons. The molecule has 142 valence electrons. The van der Waals surface area contributed by atoms with E-state index in [-0.39, 0.29) is 30.3 Å². The molecule has 1 atom stereocenters. The summed E-state index contributed by atoms with van der Waals surface area (Å²) in [6.07, 6.45) is 0.140. The summed E-state index contributed by atoms with van der Waals surface area (Å²) in [7, 11) is 1.52. The molecule has 5 nitrogen and oxygen atoms in total. The number of hydrogen-bond donors (Lipinski definition) is 1. The van der Waals surface area contributed by atoms with Gasteiger partial charge < -0.3 is 15.0 Å². The number of hydrogen-bond acceptors (Lipinski definition) is 3. The van der Waals surface area contributed by atoms with E-state index in [2.05, 4.69) is 5.32 Å². The van der Waals surface area contributed by atoms with E-state index in [1.165, 1.54) is 11.9 Å². The number of nitrogens with zero attached hydrogens (tertiary/aromatic N) is 1. The summed E-state index contributed by atoms with van der Waals surface area (Å²) in [6, 6.07) is 7.53. The third-order valence-electron chi connectivity index (χ3n) is 4.38. The first-order chi connectivity index (χ1) is 12.9. The molecule has 2 aromatic carbocycles. The average molecular weight is 378 g/mol. The lowest BCUT2D eigenvalue weighted by Gasteiger charge is -2.17. The van der Waals surface area contributed by atoms with E-state index in [1.807, 2.05) is 0 Å². The van der Waals surface area contributed by atoms with Crippen LogP contribution in [0.4, 0.5) is 18.9 Å². The van der Waals surface area contributed by atoms with E-state index >= 15 is 0 Å². The minimum atomic E-state index is -1.02. The number of anilines is 1. The normalized spacial score (nSPS) is 16.5. The molecular formula is C19H17F3N2O3. The summed E-state index contributed by atoms with van der Waals surface area (Å²) >= 11 is 0. The number of nitrogens with one attached hydrogen (secondary N) is 1. The minimum absolute atomic E-state index is 0.140. The predicted octanol–water partition coefficient (Wildman–Crippen LogP) is 2.78. The van der Waals surface area contributed by atoms with Gasteiger partial charge in [-0.25, -0.2) is 13.2 Å². The van der Waals surface area contributed by atoms with Crippen molar-refractivity contribution in [2.75, 3.05) is 18.5 Å². The first-order valence-electron chi connectivity index (χ1n) is 8.27. The Morgan fingerprint density at radius 1 is 1.19 bits per heavy atom. The summed E-state index contributed by atoms with van der Waals surface area (Å²) in [5, 5.41) is 2.53. The Labute approximate surface area is 153 Å². The zero-order valence-corrected chi connectivity index (χ0v) is 14.5. The summed E-state index contributed by atoms with van der Waals surface area (Å²) in [4.78, 5) is 25.3.